The number of carbonyl (C=O) groups excluding carboxylic acids is 1. The third-order valence-corrected chi connectivity index (χ3v) is 5.20. The highest BCUT2D eigenvalue weighted by atomic mass is 79.9. The number of fused-ring (bicyclic) bond motifs is 1. The molecular formula is C15H13BrFNOS. The molecule has 20 heavy (non-hydrogen) atoms. The molecule has 0 fully saturated rings. The molecular weight excluding hydrogens is 341 g/mol. The van der Waals surface area contributed by atoms with E-state index in [0.717, 1.165) is 17.7 Å². The van der Waals surface area contributed by atoms with Crippen molar-refractivity contribution in [3.8, 4) is 0 Å². The number of hydrogen-bond acceptors (Lipinski definition) is 3. The van der Waals surface area contributed by atoms with Gasteiger partial charge in [0.1, 0.15) is 10.4 Å². The predicted octanol–water partition coefficient (Wildman–Crippen LogP) is 4.35. The summed E-state index contributed by atoms with van der Waals surface area (Å²) in [4.78, 5) is 18.4. The van der Waals surface area contributed by atoms with Crippen molar-refractivity contribution in [1.29, 1.82) is 0 Å². The van der Waals surface area contributed by atoms with Gasteiger partial charge in [0.05, 0.1) is 17.0 Å². The molecule has 3 rings (SSSR count). The van der Waals surface area contributed by atoms with E-state index in [1.807, 2.05) is 6.07 Å². The number of halogens is 2. The third kappa shape index (κ3) is 2.83. The number of hydrogen-bond donors (Lipinski definition) is 0. The number of aryl methyl sites for hydroxylation is 2. The van der Waals surface area contributed by atoms with Crippen LogP contribution in [-0.2, 0) is 19.3 Å². The van der Waals surface area contributed by atoms with E-state index in [1.165, 1.54) is 35.4 Å². The first-order valence-electron chi connectivity index (χ1n) is 6.59. The van der Waals surface area contributed by atoms with Crippen LogP contribution in [-0.4, -0.2) is 10.8 Å². The molecule has 0 saturated heterocycles. The van der Waals surface area contributed by atoms with E-state index in [1.54, 1.807) is 11.3 Å². The average molecular weight is 354 g/mol. The number of rotatable bonds is 3. The summed E-state index contributed by atoms with van der Waals surface area (Å²) in [5.74, 6) is -0.475. The molecule has 0 bridgehead atoms. The van der Waals surface area contributed by atoms with E-state index >= 15 is 0 Å². The maximum absolute atomic E-state index is 13.6. The molecule has 0 atom stereocenters. The molecule has 0 amide bonds. The van der Waals surface area contributed by atoms with E-state index in [2.05, 4.69) is 20.9 Å². The quantitative estimate of drug-likeness (QED) is 0.606. The summed E-state index contributed by atoms with van der Waals surface area (Å²) in [6, 6.07) is 4.85. The van der Waals surface area contributed by atoms with Crippen molar-refractivity contribution in [1.82, 2.24) is 4.98 Å². The minimum Gasteiger partial charge on any atom is -0.293 e. The fraction of sp³-hybridized carbons (Fsp3) is 0.333. The van der Waals surface area contributed by atoms with Crippen LogP contribution in [0, 0.1) is 5.82 Å². The lowest BCUT2D eigenvalue weighted by Gasteiger charge is -2.08. The first-order chi connectivity index (χ1) is 9.63. The van der Waals surface area contributed by atoms with E-state index in [9.17, 15) is 9.18 Å². The Hall–Kier alpha value is -1.07. The highest BCUT2D eigenvalue weighted by molar-refractivity contribution is 9.10. The lowest BCUT2D eigenvalue weighted by molar-refractivity contribution is 0.0994. The van der Waals surface area contributed by atoms with Crippen LogP contribution in [0.5, 0.6) is 0 Å². The van der Waals surface area contributed by atoms with Crippen molar-refractivity contribution in [3.05, 3.63) is 49.6 Å². The fourth-order valence-electron chi connectivity index (χ4n) is 2.45. The van der Waals surface area contributed by atoms with Gasteiger partial charge in [-0.15, -0.1) is 11.3 Å². The van der Waals surface area contributed by atoms with Crippen LogP contribution < -0.4 is 0 Å². The molecule has 0 aliphatic heterocycles. The zero-order valence-corrected chi connectivity index (χ0v) is 13.2. The summed E-state index contributed by atoms with van der Waals surface area (Å²) in [5, 5.41) is 0. The van der Waals surface area contributed by atoms with Gasteiger partial charge in [0.25, 0.3) is 0 Å². The van der Waals surface area contributed by atoms with Crippen molar-refractivity contribution >= 4 is 33.0 Å². The molecule has 0 N–H and O–H groups in total. The van der Waals surface area contributed by atoms with Crippen molar-refractivity contribution in [2.75, 3.05) is 0 Å². The molecule has 0 unspecified atom stereocenters. The first kappa shape index (κ1) is 13.9. The molecule has 0 saturated carbocycles. The summed E-state index contributed by atoms with van der Waals surface area (Å²) >= 11 is 4.76. The van der Waals surface area contributed by atoms with Gasteiger partial charge in [-0.1, -0.05) is 0 Å². The molecule has 0 spiro atoms. The standard InChI is InChI=1S/C15H13BrFNOS/c16-15-6-5-10(17)11(18-15)8-12(19)14-7-9-3-1-2-4-13(9)20-14/h5-7H,1-4,8H2. The topological polar surface area (TPSA) is 30.0 Å². The minimum atomic E-state index is -0.428. The lowest BCUT2D eigenvalue weighted by atomic mass is 9.99. The molecule has 2 heterocycles. The molecule has 0 radical (unpaired) electrons. The number of pyridine rings is 1. The van der Waals surface area contributed by atoms with E-state index in [4.69, 9.17) is 0 Å². The van der Waals surface area contributed by atoms with Crippen molar-refractivity contribution in [2.45, 2.75) is 32.1 Å². The zero-order valence-electron chi connectivity index (χ0n) is 10.8. The highest BCUT2D eigenvalue weighted by Crippen LogP contribution is 2.30. The maximum Gasteiger partial charge on any atom is 0.178 e. The van der Waals surface area contributed by atoms with Crippen molar-refractivity contribution < 1.29 is 9.18 Å². The molecule has 104 valence electrons. The molecule has 1 aliphatic carbocycles. The summed E-state index contributed by atoms with van der Waals surface area (Å²) < 4.78 is 14.2. The van der Waals surface area contributed by atoms with Crippen molar-refractivity contribution in [3.63, 3.8) is 0 Å². The molecule has 0 aromatic carbocycles. The van der Waals surface area contributed by atoms with Gasteiger partial charge >= 0.3 is 0 Å². The number of carbonyl (C=O) groups is 1. The minimum absolute atomic E-state index is 0.0185. The van der Waals surface area contributed by atoms with Crippen LogP contribution in [0.2, 0.25) is 0 Å². The normalized spacial score (nSPS) is 14.1. The highest BCUT2D eigenvalue weighted by Gasteiger charge is 2.19. The molecule has 2 nitrogen and oxygen atoms in total. The van der Waals surface area contributed by atoms with Gasteiger partial charge in [0.2, 0.25) is 0 Å². The van der Waals surface area contributed by atoms with Crippen LogP contribution in [0.3, 0.4) is 0 Å². The average Bonchev–Trinajstić information content (AvgIpc) is 2.87. The summed E-state index contributed by atoms with van der Waals surface area (Å²) in [6.45, 7) is 0. The Balaban J connectivity index is 1.82. The Labute approximate surface area is 129 Å². The number of aromatic nitrogens is 1. The smallest absolute Gasteiger partial charge is 0.178 e. The Bertz CT molecular complexity index is 644. The maximum atomic E-state index is 13.6. The largest absolute Gasteiger partial charge is 0.293 e. The monoisotopic (exact) mass is 353 g/mol. The summed E-state index contributed by atoms with van der Waals surface area (Å²) in [7, 11) is 0. The third-order valence-electron chi connectivity index (χ3n) is 3.48. The van der Waals surface area contributed by atoms with Gasteiger partial charge < -0.3 is 0 Å². The second-order valence-electron chi connectivity index (χ2n) is 4.93. The molecule has 5 heteroatoms. The second-order valence-corrected chi connectivity index (χ2v) is 6.88. The van der Waals surface area contributed by atoms with E-state index < -0.39 is 5.82 Å². The fourth-order valence-corrected chi connectivity index (χ4v) is 3.99. The number of thiophene rings is 1. The zero-order chi connectivity index (χ0) is 14.1. The van der Waals surface area contributed by atoms with Gasteiger partial charge in [-0.2, -0.15) is 0 Å². The van der Waals surface area contributed by atoms with Gasteiger partial charge in [-0.25, -0.2) is 9.37 Å². The predicted molar refractivity (Wildman–Crippen MR) is 80.9 cm³/mol. The summed E-state index contributed by atoms with van der Waals surface area (Å²) in [5.41, 5.74) is 1.50. The van der Waals surface area contributed by atoms with Crippen LogP contribution in [0.1, 0.15) is 38.6 Å². The van der Waals surface area contributed by atoms with Gasteiger partial charge in [-0.3, -0.25) is 4.79 Å². The van der Waals surface area contributed by atoms with E-state index in [0.29, 0.717) is 4.60 Å². The number of Topliss-reactive ketones (excluding diaryl/α,β-unsaturated/α-hetero) is 1. The second kappa shape index (κ2) is 5.74. The van der Waals surface area contributed by atoms with E-state index in [-0.39, 0.29) is 17.9 Å². The number of nitrogens with zero attached hydrogens (tertiary/aromatic N) is 1. The SMILES string of the molecule is O=C(Cc1nc(Br)ccc1F)c1cc2c(s1)CCCC2. The summed E-state index contributed by atoms with van der Waals surface area (Å²) in [6.07, 6.45) is 4.53. The Morgan fingerprint density at radius 3 is 2.95 bits per heavy atom. The van der Waals surface area contributed by atoms with Gasteiger partial charge in [0, 0.05) is 4.88 Å². The Morgan fingerprint density at radius 1 is 1.35 bits per heavy atom. The lowest BCUT2D eigenvalue weighted by Crippen LogP contribution is -2.05. The van der Waals surface area contributed by atoms with Crippen molar-refractivity contribution in [2.24, 2.45) is 0 Å². The molecule has 2 aromatic heterocycles. The van der Waals surface area contributed by atoms with Gasteiger partial charge in [0.15, 0.2) is 5.78 Å². The Morgan fingerprint density at radius 2 is 2.15 bits per heavy atom. The van der Waals surface area contributed by atoms with Gasteiger partial charge in [-0.05, 0) is 65.4 Å². The van der Waals surface area contributed by atoms with Crippen LogP contribution in [0.4, 0.5) is 4.39 Å². The number of ketones is 1. The molecule has 1 aliphatic rings. The van der Waals surface area contributed by atoms with Crippen LogP contribution in [0.25, 0.3) is 0 Å². The Kier molecular flexibility index (Phi) is 3.98. The first-order valence-corrected chi connectivity index (χ1v) is 8.20. The molecule has 2 aromatic rings. The van der Waals surface area contributed by atoms with Crippen LogP contribution >= 0.6 is 27.3 Å². The van der Waals surface area contributed by atoms with Crippen LogP contribution in [0.15, 0.2) is 22.8 Å².